The number of amides is 1. The van der Waals surface area contributed by atoms with Crippen molar-refractivity contribution in [2.45, 2.75) is 20.5 Å². The van der Waals surface area contributed by atoms with Crippen LogP contribution in [0.2, 0.25) is 10.0 Å². The minimum Gasteiger partial charge on any atom is -0.493 e. The molecule has 1 heterocycles. The standard InChI is InChI=1S/C24H22Cl2N2O5S/c1-4-32-23(30)22-14(2)27-24(34-22)28-21(29)11-9-15-8-10-19(20(12-15)31-3)33-13-16-17(25)6-5-7-18(16)26/h5-12H,4,13H2,1-3H3,(H,27,28,29). The maximum absolute atomic E-state index is 12.3. The smallest absolute Gasteiger partial charge is 0.350 e. The second kappa shape index (κ2) is 11.9. The molecule has 3 rings (SSSR count). The molecule has 10 heteroatoms. The lowest BCUT2D eigenvalue weighted by molar-refractivity contribution is -0.111. The summed E-state index contributed by atoms with van der Waals surface area (Å²) in [6.07, 6.45) is 2.98. The topological polar surface area (TPSA) is 86.8 Å². The number of halogens is 2. The zero-order valence-corrected chi connectivity index (χ0v) is 21.0. The molecule has 1 N–H and O–H groups in total. The molecule has 0 bridgehead atoms. The van der Waals surface area contributed by atoms with Gasteiger partial charge in [-0.05, 0) is 49.8 Å². The lowest BCUT2D eigenvalue weighted by Gasteiger charge is -2.13. The molecule has 7 nitrogen and oxygen atoms in total. The van der Waals surface area contributed by atoms with Crippen LogP contribution in [0.5, 0.6) is 11.5 Å². The fourth-order valence-corrected chi connectivity index (χ4v) is 4.25. The Morgan fingerprint density at radius 3 is 2.56 bits per heavy atom. The third-order valence-corrected chi connectivity index (χ3v) is 6.30. The largest absolute Gasteiger partial charge is 0.493 e. The molecular weight excluding hydrogens is 499 g/mol. The van der Waals surface area contributed by atoms with Gasteiger partial charge in [-0.25, -0.2) is 9.78 Å². The van der Waals surface area contributed by atoms with Crippen molar-refractivity contribution < 1.29 is 23.8 Å². The van der Waals surface area contributed by atoms with Crippen molar-refractivity contribution in [3.05, 3.63) is 74.2 Å². The summed E-state index contributed by atoms with van der Waals surface area (Å²) in [5, 5.41) is 4.00. The summed E-state index contributed by atoms with van der Waals surface area (Å²) < 4.78 is 16.2. The Balaban J connectivity index is 1.65. The van der Waals surface area contributed by atoms with Crippen LogP contribution in [0.3, 0.4) is 0 Å². The van der Waals surface area contributed by atoms with Gasteiger partial charge in [-0.1, -0.05) is 46.7 Å². The van der Waals surface area contributed by atoms with Crippen molar-refractivity contribution in [2.24, 2.45) is 0 Å². The van der Waals surface area contributed by atoms with Gasteiger partial charge in [-0.3, -0.25) is 10.1 Å². The van der Waals surface area contributed by atoms with E-state index in [1.807, 2.05) is 0 Å². The molecule has 3 aromatic rings. The predicted molar refractivity (Wildman–Crippen MR) is 134 cm³/mol. The van der Waals surface area contributed by atoms with Gasteiger partial charge in [-0.2, -0.15) is 0 Å². The molecule has 178 valence electrons. The van der Waals surface area contributed by atoms with Crippen molar-refractivity contribution in [1.82, 2.24) is 4.98 Å². The Kier molecular flexibility index (Phi) is 8.92. The molecular formula is C24H22Cl2N2O5S. The maximum atomic E-state index is 12.3. The van der Waals surface area contributed by atoms with Crippen LogP contribution < -0.4 is 14.8 Å². The van der Waals surface area contributed by atoms with Gasteiger partial charge in [0.05, 0.1) is 19.4 Å². The highest BCUT2D eigenvalue weighted by molar-refractivity contribution is 7.17. The summed E-state index contributed by atoms with van der Waals surface area (Å²) >= 11 is 13.5. The Labute approximate surface area is 211 Å². The number of ether oxygens (including phenoxy) is 3. The van der Waals surface area contributed by atoms with Gasteiger partial charge >= 0.3 is 5.97 Å². The van der Waals surface area contributed by atoms with E-state index in [9.17, 15) is 9.59 Å². The number of carbonyl (C=O) groups is 2. The molecule has 1 aromatic heterocycles. The Bertz CT molecular complexity index is 1210. The van der Waals surface area contributed by atoms with Crippen LogP contribution in [0.15, 0.2) is 42.5 Å². The van der Waals surface area contributed by atoms with E-state index in [4.69, 9.17) is 37.4 Å². The van der Waals surface area contributed by atoms with Gasteiger partial charge in [-0.15, -0.1) is 0 Å². The molecule has 0 aliphatic rings. The molecule has 0 radical (unpaired) electrons. The van der Waals surface area contributed by atoms with Crippen LogP contribution in [0.25, 0.3) is 6.08 Å². The first-order valence-electron chi connectivity index (χ1n) is 10.2. The summed E-state index contributed by atoms with van der Waals surface area (Å²) in [5.41, 5.74) is 1.90. The fraction of sp³-hybridized carbons (Fsp3) is 0.208. The van der Waals surface area contributed by atoms with Crippen molar-refractivity contribution >= 4 is 57.6 Å². The van der Waals surface area contributed by atoms with Gasteiger partial charge in [0.15, 0.2) is 16.6 Å². The summed E-state index contributed by atoms with van der Waals surface area (Å²) in [6, 6.07) is 10.5. The van der Waals surface area contributed by atoms with E-state index < -0.39 is 11.9 Å². The van der Waals surface area contributed by atoms with Crippen LogP contribution >= 0.6 is 34.5 Å². The third kappa shape index (κ3) is 6.50. The van der Waals surface area contributed by atoms with E-state index in [1.54, 1.807) is 56.3 Å². The molecule has 0 spiro atoms. The number of esters is 1. The Morgan fingerprint density at radius 1 is 1.15 bits per heavy atom. The van der Waals surface area contributed by atoms with Crippen LogP contribution in [0.4, 0.5) is 5.13 Å². The number of carbonyl (C=O) groups excluding carboxylic acids is 2. The zero-order valence-electron chi connectivity index (χ0n) is 18.7. The number of nitrogens with zero attached hydrogens (tertiary/aromatic N) is 1. The molecule has 0 aliphatic heterocycles. The van der Waals surface area contributed by atoms with Crippen molar-refractivity contribution in [2.75, 3.05) is 19.0 Å². The highest BCUT2D eigenvalue weighted by atomic mass is 35.5. The molecule has 0 unspecified atom stereocenters. The minimum atomic E-state index is -0.459. The normalized spacial score (nSPS) is 10.9. The fourth-order valence-electron chi connectivity index (χ4n) is 2.88. The van der Waals surface area contributed by atoms with E-state index >= 15 is 0 Å². The number of rotatable bonds is 9. The monoisotopic (exact) mass is 520 g/mol. The van der Waals surface area contributed by atoms with E-state index in [0.29, 0.717) is 42.8 Å². The van der Waals surface area contributed by atoms with Gasteiger partial charge in [0.25, 0.3) is 0 Å². The number of hydrogen-bond donors (Lipinski definition) is 1. The zero-order chi connectivity index (χ0) is 24.7. The van der Waals surface area contributed by atoms with Gasteiger partial charge in [0.1, 0.15) is 11.5 Å². The first kappa shape index (κ1) is 25.6. The van der Waals surface area contributed by atoms with Crippen molar-refractivity contribution in [1.29, 1.82) is 0 Å². The van der Waals surface area contributed by atoms with Gasteiger partial charge < -0.3 is 14.2 Å². The highest BCUT2D eigenvalue weighted by Gasteiger charge is 2.17. The average molecular weight is 521 g/mol. The van der Waals surface area contributed by atoms with Crippen molar-refractivity contribution in [3.63, 3.8) is 0 Å². The lowest BCUT2D eigenvalue weighted by atomic mass is 10.2. The molecule has 2 aromatic carbocycles. The Morgan fingerprint density at radius 2 is 1.88 bits per heavy atom. The number of aromatic nitrogens is 1. The number of aryl methyl sites for hydroxylation is 1. The first-order chi connectivity index (χ1) is 16.3. The quantitative estimate of drug-likeness (QED) is 0.268. The number of nitrogens with one attached hydrogen (secondary N) is 1. The summed E-state index contributed by atoms with van der Waals surface area (Å²) in [5.74, 6) is 0.141. The molecule has 34 heavy (non-hydrogen) atoms. The second-order valence-electron chi connectivity index (χ2n) is 6.88. The molecule has 0 atom stereocenters. The van der Waals surface area contributed by atoms with Crippen LogP contribution in [0.1, 0.15) is 33.4 Å². The molecule has 0 fully saturated rings. The van der Waals surface area contributed by atoms with E-state index in [-0.39, 0.29) is 13.2 Å². The molecule has 0 saturated heterocycles. The average Bonchev–Trinajstić information content (AvgIpc) is 3.17. The van der Waals surface area contributed by atoms with Crippen LogP contribution in [-0.2, 0) is 16.1 Å². The highest BCUT2D eigenvalue weighted by Crippen LogP contribution is 2.32. The third-order valence-electron chi connectivity index (χ3n) is 4.54. The number of methoxy groups -OCH3 is 1. The van der Waals surface area contributed by atoms with E-state index in [1.165, 1.54) is 13.2 Å². The summed E-state index contributed by atoms with van der Waals surface area (Å²) in [4.78, 5) is 28.8. The maximum Gasteiger partial charge on any atom is 0.350 e. The van der Waals surface area contributed by atoms with Gasteiger partial charge in [0, 0.05) is 21.7 Å². The molecule has 0 aliphatic carbocycles. The summed E-state index contributed by atoms with van der Waals surface area (Å²) in [7, 11) is 1.52. The number of hydrogen-bond acceptors (Lipinski definition) is 7. The minimum absolute atomic E-state index is 0.174. The molecule has 1 amide bonds. The Hall–Kier alpha value is -3.07. The number of thiazole rings is 1. The lowest BCUT2D eigenvalue weighted by Crippen LogP contribution is -2.07. The predicted octanol–water partition coefficient (Wildman–Crippen LogP) is 6.17. The molecule has 0 saturated carbocycles. The summed E-state index contributed by atoms with van der Waals surface area (Å²) in [6.45, 7) is 3.85. The number of benzene rings is 2. The SMILES string of the molecule is CCOC(=O)c1sc(NC(=O)C=Cc2ccc(OCc3c(Cl)cccc3Cl)c(OC)c2)nc1C. The van der Waals surface area contributed by atoms with E-state index in [2.05, 4.69) is 10.3 Å². The van der Waals surface area contributed by atoms with E-state index in [0.717, 1.165) is 16.9 Å². The first-order valence-corrected chi connectivity index (χ1v) is 11.8. The number of anilines is 1. The van der Waals surface area contributed by atoms with Crippen LogP contribution in [0, 0.1) is 6.92 Å². The van der Waals surface area contributed by atoms with Gasteiger partial charge in [0.2, 0.25) is 5.91 Å². The van der Waals surface area contributed by atoms with Crippen molar-refractivity contribution in [3.8, 4) is 11.5 Å². The second-order valence-corrected chi connectivity index (χ2v) is 8.69. The van der Waals surface area contributed by atoms with Crippen LogP contribution in [-0.4, -0.2) is 30.6 Å².